The molecule has 3 N–H and O–H groups in total. The highest BCUT2D eigenvalue weighted by Gasteiger charge is 2.41. The predicted molar refractivity (Wildman–Crippen MR) is 77.1 cm³/mol. The van der Waals surface area contributed by atoms with Crippen molar-refractivity contribution in [2.24, 2.45) is 5.41 Å². The SMILES string of the molecule is CCCc1c(N)ncnc1NCC1(CCOC)CC1. The number of hydrogen-bond acceptors (Lipinski definition) is 5. The second-order valence-corrected chi connectivity index (χ2v) is 5.43. The number of hydrogen-bond donors (Lipinski definition) is 2. The molecule has 0 spiro atoms. The summed E-state index contributed by atoms with van der Waals surface area (Å²) in [5, 5.41) is 3.46. The van der Waals surface area contributed by atoms with Crippen LogP contribution in [0.5, 0.6) is 0 Å². The summed E-state index contributed by atoms with van der Waals surface area (Å²) in [4.78, 5) is 8.41. The van der Waals surface area contributed by atoms with E-state index in [0.29, 0.717) is 11.2 Å². The first kappa shape index (κ1) is 14.1. The van der Waals surface area contributed by atoms with E-state index in [1.807, 2.05) is 0 Å². The molecule has 5 nitrogen and oxygen atoms in total. The summed E-state index contributed by atoms with van der Waals surface area (Å²) in [7, 11) is 1.76. The number of anilines is 2. The molecule has 1 fully saturated rings. The molecule has 0 aliphatic heterocycles. The second-order valence-electron chi connectivity index (χ2n) is 5.43. The van der Waals surface area contributed by atoms with Crippen LogP contribution in [0.15, 0.2) is 6.33 Å². The first-order valence-corrected chi connectivity index (χ1v) is 7.03. The molecule has 1 aromatic rings. The molecule has 2 rings (SSSR count). The molecule has 0 unspecified atom stereocenters. The number of nitrogens with zero attached hydrogens (tertiary/aromatic N) is 2. The van der Waals surface area contributed by atoms with Crippen LogP contribution in [0.1, 0.15) is 38.2 Å². The lowest BCUT2D eigenvalue weighted by Crippen LogP contribution is -2.19. The van der Waals surface area contributed by atoms with Crippen LogP contribution in [0.3, 0.4) is 0 Å². The van der Waals surface area contributed by atoms with Crippen molar-refractivity contribution in [3.8, 4) is 0 Å². The Kier molecular flexibility index (Phi) is 4.58. The number of nitrogens with one attached hydrogen (secondary N) is 1. The number of aromatic nitrogens is 2. The van der Waals surface area contributed by atoms with Crippen molar-refractivity contribution < 1.29 is 4.74 Å². The average molecular weight is 264 g/mol. The van der Waals surface area contributed by atoms with Crippen molar-refractivity contribution >= 4 is 11.6 Å². The van der Waals surface area contributed by atoms with Gasteiger partial charge in [0, 0.05) is 25.8 Å². The smallest absolute Gasteiger partial charge is 0.134 e. The molecule has 0 saturated heterocycles. The molecule has 1 heterocycles. The van der Waals surface area contributed by atoms with Crippen molar-refractivity contribution in [3.63, 3.8) is 0 Å². The minimum absolute atomic E-state index is 0.402. The largest absolute Gasteiger partial charge is 0.385 e. The monoisotopic (exact) mass is 264 g/mol. The maximum Gasteiger partial charge on any atom is 0.134 e. The number of nitrogen functional groups attached to an aromatic ring is 1. The van der Waals surface area contributed by atoms with Crippen LogP contribution in [0.25, 0.3) is 0 Å². The van der Waals surface area contributed by atoms with Crippen molar-refractivity contribution in [2.45, 2.75) is 39.0 Å². The number of ether oxygens (including phenoxy) is 1. The number of nitrogens with two attached hydrogens (primary N) is 1. The topological polar surface area (TPSA) is 73.1 Å². The van der Waals surface area contributed by atoms with E-state index in [1.165, 1.54) is 19.2 Å². The highest BCUT2D eigenvalue weighted by atomic mass is 16.5. The molecule has 0 aromatic carbocycles. The molecule has 0 radical (unpaired) electrons. The third-order valence-corrected chi connectivity index (χ3v) is 3.90. The van der Waals surface area contributed by atoms with Crippen LogP contribution in [-0.4, -0.2) is 30.2 Å². The molecule has 1 aromatic heterocycles. The Morgan fingerprint density at radius 1 is 1.42 bits per heavy atom. The minimum atomic E-state index is 0.402. The molecule has 106 valence electrons. The highest BCUT2D eigenvalue weighted by Crippen LogP contribution is 2.48. The van der Waals surface area contributed by atoms with Crippen molar-refractivity contribution in [3.05, 3.63) is 11.9 Å². The van der Waals surface area contributed by atoms with E-state index in [1.54, 1.807) is 7.11 Å². The molecule has 0 bridgehead atoms. The lowest BCUT2D eigenvalue weighted by molar-refractivity contribution is 0.175. The van der Waals surface area contributed by atoms with Gasteiger partial charge in [-0.05, 0) is 31.1 Å². The highest BCUT2D eigenvalue weighted by molar-refractivity contribution is 5.55. The lowest BCUT2D eigenvalue weighted by Gasteiger charge is -2.18. The first-order valence-electron chi connectivity index (χ1n) is 7.03. The van der Waals surface area contributed by atoms with E-state index in [9.17, 15) is 0 Å². The lowest BCUT2D eigenvalue weighted by atomic mass is 10.0. The van der Waals surface area contributed by atoms with E-state index < -0.39 is 0 Å². The van der Waals surface area contributed by atoms with Crippen LogP contribution in [0.2, 0.25) is 0 Å². The molecule has 19 heavy (non-hydrogen) atoms. The van der Waals surface area contributed by atoms with E-state index in [2.05, 4.69) is 22.2 Å². The molecule has 5 heteroatoms. The summed E-state index contributed by atoms with van der Waals surface area (Å²) in [6.45, 7) is 3.91. The van der Waals surface area contributed by atoms with E-state index in [4.69, 9.17) is 10.5 Å². The second kappa shape index (κ2) is 6.19. The van der Waals surface area contributed by atoms with Gasteiger partial charge in [-0.2, -0.15) is 0 Å². The Morgan fingerprint density at radius 2 is 2.21 bits per heavy atom. The zero-order valence-corrected chi connectivity index (χ0v) is 11.9. The molecule has 1 aliphatic rings. The van der Waals surface area contributed by atoms with Gasteiger partial charge in [-0.25, -0.2) is 9.97 Å². The van der Waals surface area contributed by atoms with E-state index in [-0.39, 0.29) is 0 Å². The van der Waals surface area contributed by atoms with Gasteiger partial charge >= 0.3 is 0 Å². The Morgan fingerprint density at radius 3 is 2.84 bits per heavy atom. The van der Waals surface area contributed by atoms with Gasteiger partial charge in [0.2, 0.25) is 0 Å². The predicted octanol–water partition coefficient (Wildman–Crippen LogP) is 2.24. The Balaban J connectivity index is 1.97. The van der Waals surface area contributed by atoms with Crippen LogP contribution in [0, 0.1) is 5.41 Å². The van der Waals surface area contributed by atoms with E-state index >= 15 is 0 Å². The fourth-order valence-electron chi connectivity index (χ4n) is 2.36. The van der Waals surface area contributed by atoms with Gasteiger partial charge in [0.05, 0.1) is 0 Å². The summed E-state index contributed by atoms with van der Waals surface area (Å²) < 4.78 is 5.18. The van der Waals surface area contributed by atoms with Gasteiger partial charge < -0.3 is 15.8 Å². The number of methoxy groups -OCH3 is 1. The molecule has 1 aliphatic carbocycles. The zero-order chi connectivity index (χ0) is 13.7. The van der Waals surface area contributed by atoms with Crippen LogP contribution >= 0.6 is 0 Å². The van der Waals surface area contributed by atoms with Crippen molar-refractivity contribution in [1.29, 1.82) is 0 Å². The Bertz CT molecular complexity index is 418. The minimum Gasteiger partial charge on any atom is -0.385 e. The van der Waals surface area contributed by atoms with Crippen LogP contribution in [-0.2, 0) is 11.2 Å². The number of rotatable bonds is 8. The third-order valence-electron chi connectivity index (χ3n) is 3.90. The zero-order valence-electron chi connectivity index (χ0n) is 11.9. The van der Waals surface area contributed by atoms with Gasteiger partial charge in [0.1, 0.15) is 18.0 Å². The third kappa shape index (κ3) is 3.56. The normalized spacial score (nSPS) is 16.3. The fourth-order valence-corrected chi connectivity index (χ4v) is 2.36. The van der Waals surface area contributed by atoms with Crippen molar-refractivity contribution in [1.82, 2.24) is 9.97 Å². The Hall–Kier alpha value is -1.36. The van der Waals surface area contributed by atoms with Gasteiger partial charge in [-0.15, -0.1) is 0 Å². The summed E-state index contributed by atoms with van der Waals surface area (Å²) >= 11 is 0. The maximum absolute atomic E-state index is 5.93. The van der Waals surface area contributed by atoms with E-state index in [0.717, 1.165) is 43.8 Å². The average Bonchev–Trinajstić information content (AvgIpc) is 3.18. The van der Waals surface area contributed by atoms with Crippen LogP contribution < -0.4 is 11.1 Å². The summed E-state index contributed by atoms with van der Waals surface area (Å²) in [6, 6.07) is 0. The summed E-state index contributed by atoms with van der Waals surface area (Å²) in [5.74, 6) is 1.50. The Labute approximate surface area is 115 Å². The van der Waals surface area contributed by atoms with Crippen molar-refractivity contribution in [2.75, 3.05) is 31.3 Å². The van der Waals surface area contributed by atoms with Gasteiger partial charge in [0.15, 0.2) is 0 Å². The molecular formula is C14H24N4O. The maximum atomic E-state index is 5.93. The molecule has 0 atom stereocenters. The van der Waals surface area contributed by atoms with Crippen LogP contribution in [0.4, 0.5) is 11.6 Å². The molecule has 1 saturated carbocycles. The first-order chi connectivity index (χ1) is 9.21. The standard InChI is InChI=1S/C14H24N4O/c1-3-4-11-12(15)17-10-18-13(11)16-9-14(5-6-14)7-8-19-2/h10H,3-9H2,1-2H3,(H3,15,16,17,18). The van der Waals surface area contributed by atoms with Gasteiger partial charge in [0.25, 0.3) is 0 Å². The van der Waals surface area contributed by atoms with Gasteiger partial charge in [-0.1, -0.05) is 13.3 Å². The summed E-state index contributed by atoms with van der Waals surface area (Å²) in [6.07, 6.45) is 7.15. The molecule has 0 amide bonds. The summed E-state index contributed by atoms with van der Waals surface area (Å²) in [5.41, 5.74) is 7.38. The molecular weight excluding hydrogens is 240 g/mol. The van der Waals surface area contributed by atoms with Gasteiger partial charge in [-0.3, -0.25) is 0 Å². The fraction of sp³-hybridized carbons (Fsp3) is 0.714. The quantitative estimate of drug-likeness (QED) is 0.753.